The van der Waals surface area contributed by atoms with E-state index in [1.165, 1.54) is 25.7 Å². The predicted molar refractivity (Wildman–Crippen MR) is 73.0 cm³/mol. The number of hydrogen-bond donors (Lipinski definition) is 1. The number of nitrogens with zero attached hydrogens (tertiary/aromatic N) is 3. The largest absolute Gasteiger partial charge is 0.329 e. The third kappa shape index (κ3) is 3.27. The molecule has 0 aliphatic carbocycles. The summed E-state index contributed by atoms with van der Waals surface area (Å²) in [5.41, 5.74) is 7.01. The standard InChI is InChI=1S/C14H24N4/c1-2-12-4-3-8-18(9-6-12)14(10-15)13-5-7-16-11-17-13/h5,7,11-12,14H,2-4,6,8-10,15H2,1H3. The van der Waals surface area contributed by atoms with Gasteiger partial charge in [0.2, 0.25) is 0 Å². The lowest BCUT2D eigenvalue weighted by atomic mass is 9.98. The molecule has 4 nitrogen and oxygen atoms in total. The van der Waals surface area contributed by atoms with E-state index in [9.17, 15) is 0 Å². The predicted octanol–water partition coefficient (Wildman–Crippen LogP) is 1.99. The van der Waals surface area contributed by atoms with E-state index in [1.807, 2.05) is 6.07 Å². The molecular weight excluding hydrogens is 224 g/mol. The van der Waals surface area contributed by atoms with Gasteiger partial charge >= 0.3 is 0 Å². The molecule has 2 rings (SSSR count). The molecule has 100 valence electrons. The molecule has 4 heteroatoms. The van der Waals surface area contributed by atoms with Gasteiger partial charge in [-0.05, 0) is 44.3 Å². The Bertz CT molecular complexity index is 341. The van der Waals surface area contributed by atoms with Crippen molar-refractivity contribution < 1.29 is 0 Å². The molecule has 0 radical (unpaired) electrons. The Morgan fingerprint density at radius 3 is 3.00 bits per heavy atom. The average molecular weight is 248 g/mol. The van der Waals surface area contributed by atoms with Gasteiger partial charge in [-0.25, -0.2) is 9.97 Å². The van der Waals surface area contributed by atoms with Crippen molar-refractivity contribution in [3.63, 3.8) is 0 Å². The fraction of sp³-hybridized carbons (Fsp3) is 0.714. The average Bonchev–Trinajstić information content (AvgIpc) is 2.66. The van der Waals surface area contributed by atoms with Gasteiger partial charge < -0.3 is 5.73 Å². The molecule has 0 aromatic carbocycles. The second-order valence-corrected chi connectivity index (χ2v) is 5.13. The first-order valence-electron chi connectivity index (χ1n) is 7.05. The third-order valence-corrected chi connectivity index (χ3v) is 4.07. The Balaban J connectivity index is 2.04. The fourth-order valence-corrected chi connectivity index (χ4v) is 2.86. The van der Waals surface area contributed by atoms with Crippen LogP contribution in [-0.4, -0.2) is 34.5 Å². The molecule has 0 amide bonds. The molecule has 1 aromatic rings. The van der Waals surface area contributed by atoms with E-state index in [-0.39, 0.29) is 6.04 Å². The Kier molecular flexibility index (Phi) is 5.08. The summed E-state index contributed by atoms with van der Waals surface area (Å²) >= 11 is 0. The van der Waals surface area contributed by atoms with Gasteiger partial charge in [0.25, 0.3) is 0 Å². The van der Waals surface area contributed by atoms with E-state index in [4.69, 9.17) is 5.73 Å². The van der Waals surface area contributed by atoms with Crippen molar-refractivity contribution in [2.24, 2.45) is 11.7 Å². The number of hydrogen-bond acceptors (Lipinski definition) is 4. The SMILES string of the molecule is CCC1CCCN(C(CN)c2ccncn2)CC1. The van der Waals surface area contributed by atoms with E-state index in [0.29, 0.717) is 6.54 Å². The van der Waals surface area contributed by atoms with Gasteiger partial charge in [0.15, 0.2) is 0 Å². The molecule has 1 aliphatic heterocycles. The highest BCUT2D eigenvalue weighted by molar-refractivity contribution is 5.06. The second kappa shape index (κ2) is 6.81. The third-order valence-electron chi connectivity index (χ3n) is 4.07. The summed E-state index contributed by atoms with van der Waals surface area (Å²) in [5.74, 6) is 0.888. The zero-order valence-electron chi connectivity index (χ0n) is 11.3. The number of likely N-dealkylation sites (tertiary alicyclic amines) is 1. The van der Waals surface area contributed by atoms with Crippen LogP contribution in [0.2, 0.25) is 0 Å². The number of aromatic nitrogens is 2. The molecule has 0 saturated carbocycles. The molecule has 2 heterocycles. The maximum absolute atomic E-state index is 5.95. The van der Waals surface area contributed by atoms with Gasteiger partial charge in [-0.15, -0.1) is 0 Å². The molecule has 2 N–H and O–H groups in total. The van der Waals surface area contributed by atoms with Crippen LogP contribution in [-0.2, 0) is 0 Å². The van der Waals surface area contributed by atoms with Crippen LogP contribution in [0.15, 0.2) is 18.6 Å². The van der Waals surface area contributed by atoms with E-state index in [1.54, 1.807) is 12.5 Å². The lowest BCUT2D eigenvalue weighted by Crippen LogP contribution is -2.35. The Hall–Kier alpha value is -1.00. The molecule has 1 saturated heterocycles. The lowest BCUT2D eigenvalue weighted by molar-refractivity contribution is 0.203. The minimum absolute atomic E-state index is 0.253. The first-order valence-corrected chi connectivity index (χ1v) is 7.05. The second-order valence-electron chi connectivity index (χ2n) is 5.13. The highest BCUT2D eigenvalue weighted by Gasteiger charge is 2.23. The van der Waals surface area contributed by atoms with Crippen LogP contribution in [0.1, 0.15) is 44.3 Å². The Labute approximate surface area is 110 Å². The maximum atomic E-state index is 5.95. The van der Waals surface area contributed by atoms with Crippen LogP contribution in [0.5, 0.6) is 0 Å². The van der Waals surface area contributed by atoms with E-state index < -0.39 is 0 Å². The van der Waals surface area contributed by atoms with Gasteiger partial charge in [-0.1, -0.05) is 13.3 Å². The molecule has 0 spiro atoms. The lowest BCUT2D eigenvalue weighted by Gasteiger charge is -2.29. The summed E-state index contributed by atoms with van der Waals surface area (Å²) in [6.07, 6.45) is 8.64. The first kappa shape index (κ1) is 13.4. The fourth-order valence-electron chi connectivity index (χ4n) is 2.86. The summed E-state index contributed by atoms with van der Waals surface area (Å²) in [6.45, 7) is 5.21. The molecule has 0 bridgehead atoms. The quantitative estimate of drug-likeness (QED) is 0.885. The monoisotopic (exact) mass is 248 g/mol. The molecule has 18 heavy (non-hydrogen) atoms. The molecule has 1 aromatic heterocycles. The van der Waals surface area contributed by atoms with E-state index >= 15 is 0 Å². The van der Waals surface area contributed by atoms with Crippen molar-refractivity contribution in [1.82, 2.24) is 14.9 Å². The Morgan fingerprint density at radius 1 is 1.44 bits per heavy atom. The minimum Gasteiger partial charge on any atom is -0.329 e. The summed E-state index contributed by atoms with van der Waals surface area (Å²) in [4.78, 5) is 10.8. The first-order chi connectivity index (χ1) is 8.85. The van der Waals surface area contributed by atoms with Gasteiger partial charge in [0.05, 0.1) is 11.7 Å². The molecule has 2 unspecified atom stereocenters. The summed E-state index contributed by atoms with van der Waals surface area (Å²) in [6, 6.07) is 2.24. The van der Waals surface area contributed by atoms with Crippen molar-refractivity contribution in [2.45, 2.75) is 38.6 Å². The Morgan fingerprint density at radius 2 is 2.33 bits per heavy atom. The summed E-state index contributed by atoms with van der Waals surface area (Å²) in [7, 11) is 0. The zero-order valence-corrected chi connectivity index (χ0v) is 11.3. The molecular formula is C14H24N4. The van der Waals surface area contributed by atoms with E-state index in [2.05, 4.69) is 21.8 Å². The van der Waals surface area contributed by atoms with Crippen molar-refractivity contribution in [3.8, 4) is 0 Å². The van der Waals surface area contributed by atoms with Crippen LogP contribution in [0.4, 0.5) is 0 Å². The highest BCUT2D eigenvalue weighted by atomic mass is 15.2. The molecule has 1 aliphatic rings. The van der Waals surface area contributed by atoms with Crippen LogP contribution >= 0.6 is 0 Å². The molecule has 1 fully saturated rings. The summed E-state index contributed by atoms with van der Waals surface area (Å²) < 4.78 is 0. The van der Waals surface area contributed by atoms with Crippen molar-refractivity contribution in [3.05, 3.63) is 24.3 Å². The molecule has 2 atom stereocenters. The zero-order chi connectivity index (χ0) is 12.8. The minimum atomic E-state index is 0.253. The topological polar surface area (TPSA) is 55.0 Å². The normalized spacial score (nSPS) is 23.6. The van der Waals surface area contributed by atoms with Crippen molar-refractivity contribution in [2.75, 3.05) is 19.6 Å². The van der Waals surface area contributed by atoms with Crippen LogP contribution < -0.4 is 5.73 Å². The maximum Gasteiger partial charge on any atom is 0.115 e. The van der Waals surface area contributed by atoms with Gasteiger partial charge in [-0.3, -0.25) is 4.90 Å². The highest BCUT2D eigenvalue weighted by Crippen LogP contribution is 2.25. The van der Waals surface area contributed by atoms with Crippen LogP contribution in [0, 0.1) is 5.92 Å². The van der Waals surface area contributed by atoms with Crippen molar-refractivity contribution >= 4 is 0 Å². The van der Waals surface area contributed by atoms with Gasteiger partial charge in [0.1, 0.15) is 6.33 Å². The van der Waals surface area contributed by atoms with Crippen molar-refractivity contribution in [1.29, 1.82) is 0 Å². The number of rotatable bonds is 4. The summed E-state index contributed by atoms with van der Waals surface area (Å²) in [5, 5.41) is 0. The van der Waals surface area contributed by atoms with Gasteiger partial charge in [0, 0.05) is 12.7 Å². The van der Waals surface area contributed by atoms with Gasteiger partial charge in [-0.2, -0.15) is 0 Å². The van der Waals surface area contributed by atoms with E-state index in [0.717, 1.165) is 24.7 Å². The van der Waals surface area contributed by atoms with Crippen LogP contribution in [0.25, 0.3) is 0 Å². The number of nitrogens with two attached hydrogens (primary N) is 1. The smallest absolute Gasteiger partial charge is 0.115 e. The van der Waals surface area contributed by atoms with Crippen LogP contribution in [0.3, 0.4) is 0 Å².